The second-order valence-electron chi connectivity index (χ2n) is 7.72. The molecule has 0 fully saturated rings. The Bertz CT molecular complexity index is 1290. The van der Waals surface area contributed by atoms with Crippen LogP contribution >= 0.6 is 0 Å². The topological polar surface area (TPSA) is 79.5 Å². The maximum atomic E-state index is 13.2. The Balaban J connectivity index is 1.49. The third kappa shape index (κ3) is 6.03. The number of hydrogen-bond donors (Lipinski definition) is 3. The number of carbonyl (C=O) groups excluding carboxylic acids is 2. The van der Waals surface area contributed by atoms with E-state index in [0.717, 1.165) is 5.56 Å². The van der Waals surface area contributed by atoms with Gasteiger partial charge < -0.3 is 20.7 Å². The third-order valence-corrected chi connectivity index (χ3v) is 5.32. The van der Waals surface area contributed by atoms with Crippen LogP contribution in [0.4, 0.5) is 21.5 Å². The number of carbonyl (C=O) groups is 2. The number of nitrogens with one attached hydrogen (secondary N) is 3. The minimum Gasteiger partial charge on any atom is -0.495 e. The van der Waals surface area contributed by atoms with Crippen molar-refractivity contribution in [3.05, 3.63) is 120 Å². The number of benzene rings is 4. The molecular formula is C28H24FN3O3. The van der Waals surface area contributed by atoms with Crippen LogP contribution in [-0.2, 0) is 4.79 Å². The first-order valence-corrected chi connectivity index (χ1v) is 11.0. The number of ether oxygens (including phenoxy) is 1. The Morgan fingerprint density at radius 1 is 0.743 bits per heavy atom. The molecule has 1 atom stereocenters. The van der Waals surface area contributed by atoms with Crippen LogP contribution in [0.3, 0.4) is 0 Å². The van der Waals surface area contributed by atoms with Crippen molar-refractivity contribution in [3.8, 4) is 5.75 Å². The molecular weight excluding hydrogens is 445 g/mol. The van der Waals surface area contributed by atoms with Crippen LogP contribution in [0.5, 0.6) is 5.75 Å². The summed E-state index contributed by atoms with van der Waals surface area (Å²) in [5, 5.41) is 8.87. The number of methoxy groups -OCH3 is 1. The Kier molecular flexibility index (Phi) is 7.37. The van der Waals surface area contributed by atoms with Gasteiger partial charge >= 0.3 is 0 Å². The van der Waals surface area contributed by atoms with Gasteiger partial charge in [-0.25, -0.2) is 4.39 Å². The van der Waals surface area contributed by atoms with Crippen LogP contribution in [0, 0.1) is 5.82 Å². The summed E-state index contributed by atoms with van der Waals surface area (Å²) in [5.74, 6) is -0.400. The maximum absolute atomic E-state index is 13.2. The normalized spacial score (nSPS) is 11.3. The van der Waals surface area contributed by atoms with Crippen molar-refractivity contribution in [2.75, 3.05) is 23.1 Å². The fourth-order valence-electron chi connectivity index (χ4n) is 3.52. The van der Waals surface area contributed by atoms with Crippen molar-refractivity contribution in [2.45, 2.75) is 6.04 Å². The monoisotopic (exact) mass is 469 g/mol. The van der Waals surface area contributed by atoms with Crippen molar-refractivity contribution >= 4 is 28.9 Å². The summed E-state index contributed by atoms with van der Waals surface area (Å²) < 4.78 is 18.5. The Labute approximate surface area is 202 Å². The zero-order valence-corrected chi connectivity index (χ0v) is 19.0. The van der Waals surface area contributed by atoms with Gasteiger partial charge in [0, 0.05) is 16.9 Å². The van der Waals surface area contributed by atoms with Crippen molar-refractivity contribution in [2.24, 2.45) is 0 Å². The lowest BCUT2D eigenvalue weighted by Gasteiger charge is -2.20. The van der Waals surface area contributed by atoms with Gasteiger partial charge in [-0.1, -0.05) is 42.5 Å². The average molecular weight is 470 g/mol. The Morgan fingerprint density at radius 2 is 1.37 bits per heavy atom. The van der Waals surface area contributed by atoms with E-state index in [1.54, 1.807) is 43.5 Å². The summed E-state index contributed by atoms with van der Waals surface area (Å²) >= 11 is 0. The molecule has 0 saturated carbocycles. The molecule has 0 aliphatic carbocycles. The van der Waals surface area contributed by atoms with Crippen LogP contribution in [-0.4, -0.2) is 18.9 Å². The highest BCUT2D eigenvalue weighted by molar-refractivity contribution is 6.05. The van der Waals surface area contributed by atoms with Gasteiger partial charge in [-0.2, -0.15) is 0 Å². The first-order chi connectivity index (χ1) is 17.0. The van der Waals surface area contributed by atoms with Gasteiger partial charge in [-0.3, -0.25) is 9.59 Å². The summed E-state index contributed by atoms with van der Waals surface area (Å²) in [5.41, 5.74) is 2.92. The van der Waals surface area contributed by atoms with Crippen LogP contribution in [0.1, 0.15) is 22.0 Å². The lowest BCUT2D eigenvalue weighted by atomic mass is 10.0. The quantitative estimate of drug-likeness (QED) is 0.301. The van der Waals surface area contributed by atoms with E-state index in [1.165, 1.54) is 24.3 Å². The summed E-state index contributed by atoms with van der Waals surface area (Å²) in [7, 11) is 1.54. The molecule has 176 valence electrons. The average Bonchev–Trinajstić information content (AvgIpc) is 2.89. The van der Waals surface area contributed by atoms with Crippen LogP contribution in [0.25, 0.3) is 0 Å². The largest absolute Gasteiger partial charge is 0.495 e. The van der Waals surface area contributed by atoms with Crippen molar-refractivity contribution < 1.29 is 18.7 Å². The molecule has 0 spiro atoms. The molecule has 7 heteroatoms. The maximum Gasteiger partial charge on any atom is 0.255 e. The predicted molar refractivity (Wildman–Crippen MR) is 135 cm³/mol. The van der Waals surface area contributed by atoms with Gasteiger partial charge in [0.05, 0.1) is 12.8 Å². The molecule has 0 saturated heterocycles. The van der Waals surface area contributed by atoms with E-state index in [0.29, 0.717) is 28.4 Å². The lowest BCUT2D eigenvalue weighted by Crippen LogP contribution is -2.27. The van der Waals surface area contributed by atoms with Gasteiger partial charge in [-0.05, 0) is 66.2 Å². The van der Waals surface area contributed by atoms with Crippen LogP contribution in [0.2, 0.25) is 0 Å². The number of para-hydroxylation sites is 2. The number of rotatable bonds is 8. The second-order valence-corrected chi connectivity index (χ2v) is 7.72. The fourth-order valence-corrected chi connectivity index (χ4v) is 3.52. The van der Waals surface area contributed by atoms with E-state index in [9.17, 15) is 14.0 Å². The zero-order valence-electron chi connectivity index (χ0n) is 19.0. The van der Waals surface area contributed by atoms with Crippen molar-refractivity contribution in [1.29, 1.82) is 0 Å². The minimum atomic E-state index is -0.713. The van der Waals surface area contributed by atoms with E-state index in [2.05, 4.69) is 16.0 Å². The number of hydrogen-bond acceptors (Lipinski definition) is 4. The van der Waals surface area contributed by atoms with E-state index in [4.69, 9.17) is 4.74 Å². The smallest absolute Gasteiger partial charge is 0.255 e. The highest BCUT2D eigenvalue weighted by Gasteiger charge is 2.21. The van der Waals surface area contributed by atoms with Gasteiger partial charge in [0.15, 0.2) is 0 Å². The molecule has 4 aromatic rings. The van der Waals surface area contributed by atoms with Crippen LogP contribution in [0.15, 0.2) is 103 Å². The molecule has 4 rings (SSSR count). The SMILES string of the molecule is COc1ccccc1NC(=O)c1ccc(N[C@@H](C(=O)Nc2ccc(F)cc2)c2ccccc2)cc1. The third-order valence-electron chi connectivity index (χ3n) is 5.32. The molecule has 0 aromatic heterocycles. The molecule has 0 aliphatic rings. The Hall–Kier alpha value is -4.65. The molecule has 0 radical (unpaired) electrons. The Morgan fingerprint density at radius 3 is 2.06 bits per heavy atom. The minimum absolute atomic E-state index is 0.283. The molecule has 3 N–H and O–H groups in total. The first kappa shape index (κ1) is 23.5. The molecule has 35 heavy (non-hydrogen) atoms. The number of amides is 2. The van der Waals surface area contributed by atoms with Gasteiger partial charge in [0.2, 0.25) is 0 Å². The molecule has 0 bridgehead atoms. The molecule has 0 heterocycles. The summed E-state index contributed by atoms with van der Waals surface area (Å²) in [6.07, 6.45) is 0. The van der Waals surface area contributed by atoms with Crippen molar-refractivity contribution in [1.82, 2.24) is 0 Å². The predicted octanol–water partition coefficient (Wildman–Crippen LogP) is 5.88. The molecule has 0 aliphatic heterocycles. The number of halogens is 1. The summed E-state index contributed by atoms with van der Waals surface area (Å²) in [6, 6.07) is 28.1. The van der Waals surface area contributed by atoms with E-state index >= 15 is 0 Å². The molecule has 4 aromatic carbocycles. The highest BCUT2D eigenvalue weighted by atomic mass is 19.1. The molecule has 0 unspecified atom stereocenters. The fraction of sp³-hybridized carbons (Fsp3) is 0.0714. The van der Waals surface area contributed by atoms with Gasteiger partial charge in [-0.15, -0.1) is 0 Å². The van der Waals surface area contributed by atoms with E-state index in [-0.39, 0.29) is 17.6 Å². The summed E-state index contributed by atoms with van der Waals surface area (Å²) in [4.78, 5) is 25.8. The zero-order chi connectivity index (χ0) is 24.6. The standard InChI is InChI=1S/C28H24FN3O3/c1-35-25-10-6-5-9-24(25)32-27(33)20-11-15-22(16-12-20)30-26(19-7-3-2-4-8-19)28(34)31-23-17-13-21(29)14-18-23/h2-18,26,30H,1H3,(H,31,34)(H,32,33)/t26-/m1/s1. The molecule has 2 amide bonds. The molecule has 6 nitrogen and oxygen atoms in total. The first-order valence-electron chi connectivity index (χ1n) is 11.0. The lowest BCUT2D eigenvalue weighted by molar-refractivity contribution is -0.117. The van der Waals surface area contributed by atoms with E-state index in [1.807, 2.05) is 42.5 Å². The van der Waals surface area contributed by atoms with Crippen LogP contribution < -0.4 is 20.7 Å². The number of anilines is 3. The van der Waals surface area contributed by atoms with E-state index < -0.39 is 6.04 Å². The van der Waals surface area contributed by atoms with Gasteiger partial charge in [0.25, 0.3) is 11.8 Å². The van der Waals surface area contributed by atoms with Gasteiger partial charge in [0.1, 0.15) is 17.6 Å². The second kappa shape index (κ2) is 11.0. The highest BCUT2D eigenvalue weighted by Crippen LogP contribution is 2.25. The summed E-state index contributed by atoms with van der Waals surface area (Å²) in [6.45, 7) is 0. The van der Waals surface area contributed by atoms with Crippen molar-refractivity contribution in [3.63, 3.8) is 0 Å².